The minimum Gasteiger partial charge on any atom is -0.0616 e. The number of rotatable bonds is 0. The lowest BCUT2D eigenvalue weighted by molar-refractivity contribution is 1.30. The molecule has 3 rings (SSSR count). The van der Waals surface area contributed by atoms with Crippen LogP contribution in [-0.4, -0.2) is 0 Å². The van der Waals surface area contributed by atoms with Crippen LogP contribution < -0.4 is 0 Å². The fraction of sp³-hybridized carbons (Fsp3) is 0.176. The van der Waals surface area contributed by atoms with Gasteiger partial charge in [-0.05, 0) is 59.0 Å². The molecule has 17 heavy (non-hydrogen) atoms. The van der Waals surface area contributed by atoms with Crippen molar-refractivity contribution in [2.45, 2.75) is 20.8 Å². The second kappa shape index (κ2) is 3.59. The third kappa shape index (κ3) is 1.44. The first-order valence-electron chi connectivity index (χ1n) is 6.07. The van der Waals surface area contributed by atoms with Crippen LogP contribution in [0.5, 0.6) is 0 Å². The maximum atomic E-state index is 2.30. The van der Waals surface area contributed by atoms with Gasteiger partial charge in [0, 0.05) is 0 Å². The molecule has 3 aromatic rings. The lowest BCUT2D eigenvalue weighted by atomic mass is 9.93. The Morgan fingerprint density at radius 3 is 2.24 bits per heavy atom. The molecule has 0 aliphatic heterocycles. The Hall–Kier alpha value is -1.82. The van der Waals surface area contributed by atoms with Crippen molar-refractivity contribution in [1.29, 1.82) is 0 Å². The molecule has 0 heterocycles. The van der Waals surface area contributed by atoms with E-state index in [1.807, 2.05) is 0 Å². The van der Waals surface area contributed by atoms with Crippen molar-refractivity contribution in [3.05, 3.63) is 59.2 Å². The van der Waals surface area contributed by atoms with E-state index in [0.717, 1.165) is 0 Å². The molecule has 0 saturated carbocycles. The Bertz CT molecular complexity index is 721. The van der Waals surface area contributed by atoms with Crippen LogP contribution in [0.15, 0.2) is 42.5 Å². The fourth-order valence-electron chi connectivity index (χ4n) is 2.65. The van der Waals surface area contributed by atoms with Gasteiger partial charge < -0.3 is 0 Å². The normalized spacial score (nSPS) is 11.2. The third-order valence-corrected chi connectivity index (χ3v) is 3.86. The van der Waals surface area contributed by atoms with Crippen molar-refractivity contribution in [3.8, 4) is 0 Å². The molecule has 0 nitrogen and oxygen atoms in total. The average molecular weight is 220 g/mol. The van der Waals surface area contributed by atoms with Crippen molar-refractivity contribution < 1.29 is 0 Å². The van der Waals surface area contributed by atoms with Crippen LogP contribution >= 0.6 is 0 Å². The summed E-state index contributed by atoms with van der Waals surface area (Å²) >= 11 is 0. The Morgan fingerprint density at radius 2 is 1.41 bits per heavy atom. The van der Waals surface area contributed by atoms with E-state index in [0.29, 0.717) is 0 Å². The molecule has 0 aromatic heterocycles. The third-order valence-electron chi connectivity index (χ3n) is 3.86. The molecular weight excluding hydrogens is 204 g/mol. The van der Waals surface area contributed by atoms with Crippen LogP contribution in [0, 0.1) is 20.8 Å². The van der Waals surface area contributed by atoms with Crippen LogP contribution in [-0.2, 0) is 0 Å². The Balaban J connectivity index is 2.62. The minimum absolute atomic E-state index is 1.33. The summed E-state index contributed by atoms with van der Waals surface area (Å²) in [7, 11) is 0. The summed E-state index contributed by atoms with van der Waals surface area (Å²) in [6, 6.07) is 15.4. The Morgan fingerprint density at radius 1 is 0.706 bits per heavy atom. The van der Waals surface area contributed by atoms with Crippen LogP contribution in [0.2, 0.25) is 0 Å². The van der Waals surface area contributed by atoms with Crippen molar-refractivity contribution in [1.82, 2.24) is 0 Å². The first kappa shape index (κ1) is 10.3. The smallest absolute Gasteiger partial charge is 0.00733 e. The molecular formula is C17H16. The molecule has 0 fully saturated rings. The molecule has 84 valence electrons. The van der Waals surface area contributed by atoms with Gasteiger partial charge in [-0.25, -0.2) is 0 Å². The Kier molecular flexibility index (Phi) is 2.19. The zero-order valence-corrected chi connectivity index (χ0v) is 10.5. The maximum Gasteiger partial charge on any atom is -0.00733 e. The molecule has 0 aliphatic rings. The summed E-state index contributed by atoms with van der Waals surface area (Å²) in [6.45, 7) is 6.64. The summed E-state index contributed by atoms with van der Waals surface area (Å²) in [6.07, 6.45) is 0. The quantitative estimate of drug-likeness (QED) is 0.472. The maximum absolute atomic E-state index is 2.30. The van der Waals surface area contributed by atoms with Crippen molar-refractivity contribution in [3.63, 3.8) is 0 Å². The summed E-state index contributed by atoms with van der Waals surface area (Å²) in [4.78, 5) is 0. The van der Waals surface area contributed by atoms with E-state index < -0.39 is 0 Å². The highest BCUT2D eigenvalue weighted by atomic mass is 14.1. The molecule has 0 radical (unpaired) electrons. The molecule has 0 aliphatic carbocycles. The van der Waals surface area contributed by atoms with E-state index >= 15 is 0 Å². The number of fused-ring (bicyclic) bond motifs is 3. The van der Waals surface area contributed by atoms with Crippen molar-refractivity contribution in [2.24, 2.45) is 0 Å². The van der Waals surface area contributed by atoms with Gasteiger partial charge in [-0.3, -0.25) is 0 Å². The summed E-state index contributed by atoms with van der Waals surface area (Å²) in [5, 5.41) is 5.45. The molecule has 0 unspecified atom stereocenters. The zero-order valence-electron chi connectivity index (χ0n) is 10.5. The van der Waals surface area contributed by atoms with E-state index in [4.69, 9.17) is 0 Å². The summed E-state index contributed by atoms with van der Waals surface area (Å²) < 4.78 is 0. The predicted octanol–water partition coefficient (Wildman–Crippen LogP) is 4.92. The van der Waals surface area contributed by atoms with Gasteiger partial charge in [0.25, 0.3) is 0 Å². The highest BCUT2D eigenvalue weighted by molar-refractivity contribution is 6.09. The monoisotopic (exact) mass is 220 g/mol. The van der Waals surface area contributed by atoms with E-state index in [2.05, 4.69) is 63.2 Å². The van der Waals surface area contributed by atoms with Gasteiger partial charge in [0.15, 0.2) is 0 Å². The second-order valence-electron chi connectivity index (χ2n) is 4.83. The minimum atomic E-state index is 1.33. The van der Waals surface area contributed by atoms with Gasteiger partial charge in [0.1, 0.15) is 0 Å². The van der Waals surface area contributed by atoms with Crippen LogP contribution in [0.4, 0.5) is 0 Å². The van der Waals surface area contributed by atoms with E-state index in [9.17, 15) is 0 Å². The Labute approximate surface area is 102 Å². The summed E-state index contributed by atoms with van der Waals surface area (Å²) in [5.41, 5.74) is 4.20. The van der Waals surface area contributed by atoms with Gasteiger partial charge in [-0.1, -0.05) is 42.5 Å². The molecule has 0 saturated heterocycles. The van der Waals surface area contributed by atoms with E-state index in [-0.39, 0.29) is 0 Å². The first-order valence-corrected chi connectivity index (χ1v) is 6.07. The van der Waals surface area contributed by atoms with Crippen molar-refractivity contribution >= 4 is 21.5 Å². The topological polar surface area (TPSA) is 0 Å². The van der Waals surface area contributed by atoms with Crippen LogP contribution in [0.3, 0.4) is 0 Å². The van der Waals surface area contributed by atoms with Gasteiger partial charge >= 0.3 is 0 Å². The number of benzene rings is 3. The number of hydrogen-bond acceptors (Lipinski definition) is 0. The van der Waals surface area contributed by atoms with Gasteiger partial charge in [-0.15, -0.1) is 0 Å². The standard InChI is InChI=1S/C17H16/c1-11-10-15-9-8-14-6-4-5-7-16(14)17(15)13(3)12(11)2/h4-10H,1-3H3. The van der Waals surface area contributed by atoms with Crippen molar-refractivity contribution in [2.75, 3.05) is 0 Å². The first-order chi connectivity index (χ1) is 8.18. The molecule has 0 spiro atoms. The fourth-order valence-corrected chi connectivity index (χ4v) is 2.65. The zero-order chi connectivity index (χ0) is 12.0. The van der Waals surface area contributed by atoms with Gasteiger partial charge in [0.2, 0.25) is 0 Å². The molecule has 0 amide bonds. The number of aryl methyl sites for hydroxylation is 2. The highest BCUT2D eigenvalue weighted by Gasteiger charge is 2.07. The van der Waals surface area contributed by atoms with Crippen LogP contribution in [0.1, 0.15) is 16.7 Å². The molecule has 0 bridgehead atoms. The molecule has 3 aromatic carbocycles. The molecule has 0 atom stereocenters. The molecule has 0 heteroatoms. The lowest BCUT2D eigenvalue weighted by Crippen LogP contribution is -1.89. The van der Waals surface area contributed by atoms with Crippen LogP contribution in [0.25, 0.3) is 21.5 Å². The lowest BCUT2D eigenvalue weighted by Gasteiger charge is -2.12. The predicted molar refractivity (Wildman–Crippen MR) is 75.7 cm³/mol. The number of hydrogen-bond donors (Lipinski definition) is 0. The summed E-state index contributed by atoms with van der Waals surface area (Å²) in [5.74, 6) is 0. The van der Waals surface area contributed by atoms with E-state index in [1.165, 1.54) is 38.2 Å². The van der Waals surface area contributed by atoms with Gasteiger partial charge in [-0.2, -0.15) is 0 Å². The second-order valence-corrected chi connectivity index (χ2v) is 4.83. The molecule has 0 N–H and O–H groups in total. The largest absolute Gasteiger partial charge is 0.0616 e. The van der Waals surface area contributed by atoms with Gasteiger partial charge in [0.05, 0.1) is 0 Å². The highest BCUT2D eigenvalue weighted by Crippen LogP contribution is 2.31. The average Bonchev–Trinajstić information content (AvgIpc) is 2.35. The SMILES string of the molecule is Cc1cc2ccc3ccccc3c2c(C)c1C. The van der Waals surface area contributed by atoms with E-state index in [1.54, 1.807) is 0 Å².